The largest absolute Gasteiger partial charge is 0.356 e. The molecular weight excluding hydrogens is 773 g/mol. The van der Waals surface area contributed by atoms with Crippen molar-refractivity contribution in [2.24, 2.45) is 0 Å². The summed E-state index contributed by atoms with van der Waals surface area (Å²) in [4.78, 5) is 53.4. The van der Waals surface area contributed by atoms with Gasteiger partial charge in [-0.3, -0.25) is 19.2 Å². The summed E-state index contributed by atoms with van der Waals surface area (Å²) in [5.41, 5.74) is 6.81. The van der Waals surface area contributed by atoms with Gasteiger partial charge in [0.15, 0.2) is 0 Å². The second-order valence-corrected chi connectivity index (χ2v) is 18.1. The Balaban J connectivity index is 0.851. The highest BCUT2D eigenvalue weighted by molar-refractivity contribution is 6.00. The van der Waals surface area contributed by atoms with Crippen LogP contribution in [0.15, 0.2) is 36.4 Å². The number of amides is 4. The van der Waals surface area contributed by atoms with E-state index < -0.39 is 0 Å². The highest BCUT2D eigenvalue weighted by Gasteiger charge is 2.22. The van der Waals surface area contributed by atoms with Crippen molar-refractivity contribution in [1.82, 2.24) is 20.4 Å². The zero-order chi connectivity index (χ0) is 44.0. The number of carbonyl (C=O) groups is 4. The lowest BCUT2D eigenvalue weighted by Gasteiger charge is -2.22. The Hall–Kier alpha value is -3.76. The van der Waals surface area contributed by atoms with Crippen molar-refractivity contribution >= 4 is 35.0 Å². The summed E-state index contributed by atoms with van der Waals surface area (Å²) in [6.45, 7) is 11.9. The summed E-state index contributed by atoms with van der Waals surface area (Å²) in [6.07, 6.45) is 28.4. The topological polar surface area (TPSA) is 123 Å². The predicted octanol–water partition coefficient (Wildman–Crippen LogP) is 9.92. The van der Waals surface area contributed by atoms with E-state index in [1.807, 2.05) is 24.3 Å². The van der Waals surface area contributed by atoms with Crippen LogP contribution in [0.1, 0.15) is 177 Å². The smallest absolute Gasteiger partial charge is 0.228 e. The maximum atomic E-state index is 12.4. The lowest BCUT2D eigenvalue weighted by atomic mass is 10.0. The maximum Gasteiger partial charge on any atom is 0.228 e. The molecule has 2 aromatic rings. The first-order valence-corrected chi connectivity index (χ1v) is 25.2. The van der Waals surface area contributed by atoms with Crippen molar-refractivity contribution < 1.29 is 19.2 Å². The zero-order valence-electron chi connectivity index (χ0n) is 39.0. The van der Waals surface area contributed by atoms with Crippen LogP contribution in [-0.4, -0.2) is 85.8 Å². The third-order valence-corrected chi connectivity index (χ3v) is 12.7. The quantitative estimate of drug-likeness (QED) is 0.0502. The van der Waals surface area contributed by atoms with Gasteiger partial charge in [-0.1, -0.05) is 128 Å². The van der Waals surface area contributed by atoms with E-state index in [4.69, 9.17) is 0 Å². The number of nitrogens with one attached hydrogen (secondary N) is 4. The summed E-state index contributed by atoms with van der Waals surface area (Å²) in [5, 5.41) is 12.2. The van der Waals surface area contributed by atoms with E-state index in [1.54, 1.807) is 0 Å². The number of hydrogen-bond acceptors (Lipinski definition) is 6. The summed E-state index contributed by atoms with van der Waals surface area (Å²) in [7, 11) is 0. The molecule has 346 valence electrons. The van der Waals surface area contributed by atoms with Gasteiger partial charge in [-0.25, -0.2) is 0 Å². The SMILES string of the molecule is CCCN(CCCNC(=O)CCCCCCCCCCCCCCCCCCC(=O)NCCCN(CCC)CCc1cccc2c1CC(=O)N2)CCc1cccc2c1CC(=O)N2. The number of unbranched alkanes of at least 4 members (excludes halogenated alkanes) is 15. The van der Waals surface area contributed by atoms with Crippen molar-refractivity contribution in [2.75, 3.05) is 63.0 Å². The number of carbonyl (C=O) groups excluding carboxylic acids is 4. The van der Waals surface area contributed by atoms with Crippen LogP contribution in [-0.2, 0) is 44.9 Å². The van der Waals surface area contributed by atoms with E-state index in [9.17, 15) is 19.2 Å². The Labute approximate surface area is 375 Å². The molecule has 2 heterocycles. The van der Waals surface area contributed by atoms with Gasteiger partial charge < -0.3 is 31.1 Å². The maximum absolute atomic E-state index is 12.4. The van der Waals surface area contributed by atoms with E-state index in [1.165, 1.54) is 88.2 Å². The molecule has 0 radical (unpaired) electrons. The molecule has 2 aromatic carbocycles. The molecule has 0 aromatic heterocycles. The van der Waals surface area contributed by atoms with Gasteiger partial charge in [0.05, 0.1) is 12.8 Å². The van der Waals surface area contributed by atoms with Gasteiger partial charge in [-0.15, -0.1) is 0 Å². The molecule has 62 heavy (non-hydrogen) atoms. The number of fused-ring (bicyclic) bond motifs is 2. The van der Waals surface area contributed by atoms with Crippen LogP contribution in [0.3, 0.4) is 0 Å². The Morgan fingerprint density at radius 3 is 1.19 bits per heavy atom. The number of anilines is 2. The minimum absolute atomic E-state index is 0.0913. The molecular formula is C52H84N6O4. The van der Waals surface area contributed by atoms with E-state index in [0.717, 1.165) is 139 Å². The molecule has 4 amide bonds. The summed E-state index contributed by atoms with van der Waals surface area (Å²) in [5.74, 6) is 0.570. The van der Waals surface area contributed by atoms with Crippen LogP contribution in [0.4, 0.5) is 11.4 Å². The fraction of sp³-hybridized carbons (Fsp3) is 0.692. The molecule has 2 aliphatic rings. The number of nitrogens with zero attached hydrogens (tertiary/aromatic N) is 2. The average molecular weight is 857 g/mol. The van der Waals surface area contributed by atoms with Gasteiger partial charge in [0.1, 0.15) is 0 Å². The first-order valence-electron chi connectivity index (χ1n) is 25.2. The standard InChI is InChI=1S/C52H84N6O4/c1-3-35-57(39-31-43-25-21-27-47-45(43)41-51(61)55-47)37-23-33-53-49(59)29-19-17-15-13-11-9-7-5-6-8-10-12-14-16-18-20-30-50(60)54-34-24-38-58(36-4-2)40-32-44-26-22-28-48-46(44)42-52(62)56-48/h21-22,25-28H,3-20,23-24,29-42H2,1-2H3,(H,53,59)(H,54,60)(H,55,61)(H,56,62). The van der Waals surface area contributed by atoms with Crippen molar-refractivity contribution in [3.63, 3.8) is 0 Å². The van der Waals surface area contributed by atoms with E-state index in [2.05, 4.69) is 57.0 Å². The van der Waals surface area contributed by atoms with Gasteiger partial charge in [0.25, 0.3) is 0 Å². The minimum atomic E-state index is 0.0913. The Morgan fingerprint density at radius 2 is 0.839 bits per heavy atom. The van der Waals surface area contributed by atoms with Crippen LogP contribution >= 0.6 is 0 Å². The fourth-order valence-corrected chi connectivity index (χ4v) is 9.24. The van der Waals surface area contributed by atoms with Gasteiger partial charge in [-0.2, -0.15) is 0 Å². The Morgan fingerprint density at radius 1 is 0.484 bits per heavy atom. The van der Waals surface area contributed by atoms with Crippen LogP contribution in [0, 0.1) is 0 Å². The first-order chi connectivity index (χ1) is 30.4. The van der Waals surface area contributed by atoms with Crippen molar-refractivity contribution in [3.05, 3.63) is 58.7 Å². The number of benzene rings is 2. The average Bonchev–Trinajstić information content (AvgIpc) is 3.85. The minimum Gasteiger partial charge on any atom is -0.356 e. The Bertz CT molecular complexity index is 1500. The van der Waals surface area contributed by atoms with Crippen molar-refractivity contribution in [3.8, 4) is 0 Å². The molecule has 4 rings (SSSR count). The molecule has 0 bridgehead atoms. The molecule has 4 N–H and O–H groups in total. The highest BCUT2D eigenvalue weighted by atomic mass is 16.2. The Kier molecular flexibility index (Phi) is 25.6. The molecule has 0 atom stereocenters. The van der Waals surface area contributed by atoms with Crippen LogP contribution < -0.4 is 21.3 Å². The fourth-order valence-electron chi connectivity index (χ4n) is 9.24. The molecule has 0 fully saturated rings. The molecule has 0 unspecified atom stereocenters. The van der Waals surface area contributed by atoms with Gasteiger partial charge in [-0.05, 0) is 112 Å². The summed E-state index contributed by atoms with van der Waals surface area (Å²) >= 11 is 0. The van der Waals surface area contributed by atoms with Crippen LogP contribution in [0.5, 0.6) is 0 Å². The van der Waals surface area contributed by atoms with Crippen LogP contribution in [0.2, 0.25) is 0 Å². The second kappa shape index (κ2) is 31.1. The molecule has 2 aliphatic heterocycles. The monoisotopic (exact) mass is 857 g/mol. The van der Waals surface area contributed by atoms with Gasteiger partial charge in [0, 0.05) is 50.4 Å². The van der Waals surface area contributed by atoms with E-state index in [0.29, 0.717) is 25.7 Å². The van der Waals surface area contributed by atoms with Crippen molar-refractivity contribution in [2.45, 2.75) is 181 Å². The molecule has 10 heteroatoms. The highest BCUT2D eigenvalue weighted by Crippen LogP contribution is 2.28. The molecule has 0 saturated heterocycles. The predicted molar refractivity (Wildman–Crippen MR) is 257 cm³/mol. The molecule has 0 saturated carbocycles. The van der Waals surface area contributed by atoms with Gasteiger partial charge >= 0.3 is 0 Å². The normalized spacial score (nSPS) is 13.1. The first kappa shape index (κ1) is 50.9. The number of hydrogen-bond donors (Lipinski definition) is 4. The van der Waals surface area contributed by atoms with E-state index >= 15 is 0 Å². The molecule has 10 nitrogen and oxygen atoms in total. The second-order valence-electron chi connectivity index (χ2n) is 18.1. The van der Waals surface area contributed by atoms with Crippen molar-refractivity contribution in [1.29, 1.82) is 0 Å². The summed E-state index contributed by atoms with van der Waals surface area (Å²) in [6, 6.07) is 12.4. The molecule has 0 aliphatic carbocycles. The third-order valence-electron chi connectivity index (χ3n) is 12.7. The van der Waals surface area contributed by atoms with E-state index in [-0.39, 0.29) is 23.6 Å². The lowest BCUT2D eigenvalue weighted by molar-refractivity contribution is -0.122. The van der Waals surface area contributed by atoms with Crippen LogP contribution in [0.25, 0.3) is 0 Å². The third kappa shape index (κ3) is 20.6. The lowest BCUT2D eigenvalue weighted by Crippen LogP contribution is -2.32. The van der Waals surface area contributed by atoms with Gasteiger partial charge in [0.2, 0.25) is 23.6 Å². The zero-order valence-corrected chi connectivity index (χ0v) is 39.0. The number of rotatable bonds is 37. The summed E-state index contributed by atoms with van der Waals surface area (Å²) < 4.78 is 0. The molecule has 0 spiro atoms.